The smallest absolute Gasteiger partial charge is 0.307 e. The van der Waals surface area contributed by atoms with Gasteiger partial charge in [-0.05, 0) is 36.8 Å². The third kappa shape index (κ3) is 2.48. The average Bonchev–Trinajstić information content (AvgIpc) is 3.19. The van der Waals surface area contributed by atoms with Gasteiger partial charge in [-0.3, -0.25) is 9.59 Å². The lowest BCUT2D eigenvalue weighted by Crippen LogP contribution is -2.40. The zero-order valence-corrected chi connectivity index (χ0v) is 10.6. The molecule has 2 aliphatic carbocycles. The minimum atomic E-state index is -0.853. The second-order valence-corrected chi connectivity index (χ2v) is 5.50. The van der Waals surface area contributed by atoms with E-state index in [4.69, 9.17) is 5.11 Å². The van der Waals surface area contributed by atoms with Crippen LogP contribution in [0.25, 0.3) is 0 Å². The Balaban J connectivity index is 1.58. The van der Waals surface area contributed by atoms with Gasteiger partial charge in [-0.25, -0.2) is 0 Å². The van der Waals surface area contributed by atoms with Crippen LogP contribution in [0.4, 0.5) is 0 Å². The van der Waals surface area contributed by atoms with Gasteiger partial charge >= 0.3 is 5.97 Å². The summed E-state index contributed by atoms with van der Waals surface area (Å²) >= 11 is 0. The Morgan fingerprint density at radius 1 is 1.16 bits per heavy atom. The van der Waals surface area contributed by atoms with Gasteiger partial charge in [0.25, 0.3) is 0 Å². The molecule has 1 fully saturated rings. The van der Waals surface area contributed by atoms with Crippen molar-refractivity contribution in [1.29, 1.82) is 0 Å². The standard InChI is InChI=1S/C15H17NO3/c17-14(12-8-13(12)15(18)19)16-11-6-5-9-3-1-2-4-10(9)7-11/h1-4,11-13H,5-8H2,(H,16,17)(H,18,19). The Labute approximate surface area is 111 Å². The maximum absolute atomic E-state index is 11.9. The van der Waals surface area contributed by atoms with Gasteiger partial charge in [0.1, 0.15) is 0 Å². The van der Waals surface area contributed by atoms with Crippen molar-refractivity contribution in [2.75, 3.05) is 0 Å². The second kappa shape index (κ2) is 4.68. The number of carbonyl (C=O) groups excluding carboxylic acids is 1. The zero-order chi connectivity index (χ0) is 13.4. The number of hydrogen-bond acceptors (Lipinski definition) is 2. The molecule has 3 rings (SSSR count). The summed E-state index contributed by atoms with van der Waals surface area (Å²) in [6.07, 6.45) is 3.26. The molecule has 3 unspecified atom stereocenters. The molecule has 0 bridgehead atoms. The van der Waals surface area contributed by atoms with Crippen LogP contribution in [-0.2, 0) is 22.4 Å². The topological polar surface area (TPSA) is 66.4 Å². The number of amides is 1. The van der Waals surface area contributed by atoms with Gasteiger partial charge in [0.2, 0.25) is 5.91 Å². The number of hydrogen-bond donors (Lipinski definition) is 2. The summed E-state index contributed by atoms with van der Waals surface area (Å²) in [5.74, 6) is -1.71. The molecule has 2 N–H and O–H groups in total. The highest BCUT2D eigenvalue weighted by Gasteiger charge is 2.48. The highest BCUT2D eigenvalue weighted by atomic mass is 16.4. The van der Waals surface area contributed by atoms with E-state index in [2.05, 4.69) is 17.4 Å². The Bertz CT molecular complexity index is 526. The van der Waals surface area contributed by atoms with Crippen LogP contribution < -0.4 is 5.32 Å². The van der Waals surface area contributed by atoms with Gasteiger partial charge < -0.3 is 10.4 Å². The van der Waals surface area contributed by atoms with Crippen molar-refractivity contribution in [3.05, 3.63) is 35.4 Å². The summed E-state index contributed by atoms with van der Waals surface area (Å²) in [4.78, 5) is 22.7. The number of carboxylic acids is 1. The third-order valence-electron chi connectivity index (χ3n) is 4.14. The summed E-state index contributed by atoms with van der Waals surface area (Å²) in [6, 6.07) is 8.45. The number of aryl methyl sites for hydroxylation is 1. The molecule has 1 aromatic rings. The molecule has 0 aliphatic heterocycles. The van der Waals surface area contributed by atoms with Crippen molar-refractivity contribution in [2.45, 2.75) is 31.7 Å². The molecular formula is C15H17NO3. The maximum atomic E-state index is 11.9. The summed E-state index contributed by atoms with van der Waals surface area (Å²) in [7, 11) is 0. The Morgan fingerprint density at radius 2 is 1.89 bits per heavy atom. The van der Waals surface area contributed by atoms with Crippen LogP contribution >= 0.6 is 0 Å². The molecule has 19 heavy (non-hydrogen) atoms. The number of carbonyl (C=O) groups is 2. The number of carboxylic acid groups (broad SMARTS) is 1. The summed E-state index contributed by atoms with van der Waals surface area (Å²) < 4.78 is 0. The van der Waals surface area contributed by atoms with Crippen molar-refractivity contribution in [3.8, 4) is 0 Å². The maximum Gasteiger partial charge on any atom is 0.307 e. The largest absolute Gasteiger partial charge is 0.481 e. The average molecular weight is 259 g/mol. The second-order valence-electron chi connectivity index (χ2n) is 5.50. The zero-order valence-electron chi connectivity index (χ0n) is 10.6. The highest BCUT2D eigenvalue weighted by molar-refractivity contribution is 5.89. The molecule has 1 saturated carbocycles. The van der Waals surface area contributed by atoms with E-state index in [1.54, 1.807) is 0 Å². The SMILES string of the molecule is O=C(O)C1CC1C(=O)NC1CCc2ccccc2C1. The molecule has 1 aromatic carbocycles. The Kier molecular flexibility index (Phi) is 3.01. The van der Waals surface area contributed by atoms with E-state index in [1.807, 2.05) is 12.1 Å². The van der Waals surface area contributed by atoms with Crippen LogP contribution in [0.2, 0.25) is 0 Å². The van der Waals surface area contributed by atoms with Crippen molar-refractivity contribution < 1.29 is 14.7 Å². The lowest BCUT2D eigenvalue weighted by molar-refractivity contribution is -0.140. The van der Waals surface area contributed by atoms with Gasteiger partial charge in [0, 0.05) is 6.04 Å². The minimum Gasteiger partial charge on any atom is -0.481 e. The Hall–Kier alpha value is -1.84. The molecule has 2 aliphatic rings. The molecule has 4 nitrogen and oxygen atoms in total. The number of nitrogens with one attached hydrogen (secondary N) is 1. The van der Waals surface area contributed by atoms with Gasteiger partial charge in [-0.2, -0.15) is 0 Å². The first-order valence-corrected chi connectivity index (χ1v) is 6.75. The van der Waals surface area contributed by atoms with Crippen molar-refractivity contribution in [3.63, 3.8) is 0 Å². The molecule has 0 saturated heterocycles. The Morgan fingerprint density at radius 3 is 2.58 bits per heavy atom. The predicted octanol–water partition coefficient (Wildman–Crippen LogP) is 1.38. The first-order chi connectivity index (χ1) is 9.15. The first-order valence-electron chi connectivity index (χ1n) is 6.75. The van der Waals surface area contributed by atoms with E-state index >= 15 is 0 Å². The van der Waals surface area contributed by atoms with E-state index in [-0.39, 0.29) is 17.9 Å². The molecule has 0 aromatic heterocycles. The molecule has 4 heteroatoms. The monoisotopic (exact) mass is 259 g/mol. The predicted molar refractivity (Wildman–Crippen MR) is 69.6 cm³/mol. The van der Waals surface area contributed by atoms with Crippen LogP contribution in [-0.4, -0.2) is 23.0 Å². The first kappa shape index (κ1) is 12.2. The van der Waals surface area contributed by atoms with E-state index < -0.39 is 11.9 Å². The summed E-state index contributed by atoms with van der Waals surface area (Å²) in [5, 5.41) is 11.8. The minimum absolute atomic E-state index is 0.0863. The fourth-order valence-corrected chi connectivity index (χ4v) is 2.89. The number of fused-ring (bicyclic) bond motifs is 1. The van der Waals surface area contributed by atoms with Crippen LogP contribution in [0.3, 0.4) is 0 Å². The summed E-state index contributed by atoms with van der Waals surface area (Å²) in [6.45, 7) is 0. The molecule has 0 heterocycles. The van der Waals surface area contributed by atoms with E-state index in [1.165, 1.54) is 11.1 Å². The molecule has 0 radical (unpaired) electrons. The van der Waals surface area contributed by atoms with Crippen LogP contribution in [0.15, 0.2) is 24.3 Å². The van der Waals surface area contributed by atoms with E-state index in [0.29, 0.717) is 6.42 Å². The fraction of sp³-hybridized carbons (Fsp3) is 0.467. The molecule has 3 atom stereocenters. The number of aliphatic carboxylic acids is 1. The van der Waals surface area contributed by atoms with Crippen molar-refractivity contribution >= 4 is 11.9 Å². The molecule has 0 spiro atoms. The molecule has 1 amide bonds. The van der Waals surface area contributed by atoms with E-state index in [9.17, 15) is 9.59 Å². The van der Waals surface area contributed by atoms with Crippen molar-refractivity contribution in [2.24, 2.45) is 11.8 Å². The lowest BCUT2D eigenvalue weighted by atomic mass is 9.88. The quantitative estimate of drug-likeness (QED) is 0.861. The van der Waals surface area contributed by atoms with E-state index in [0.717, 1.165) is 19.3 Å². The van der Waals surface area contributed by atoms with Gasteiger partial charge in [-0.1, -0.05) is 24.3 Å². The van der Waals surface area contributed by atoms with Crippen LogP contribution in [0.1, 0.15) is 24.0 Å². The van der Waals surface area contributed by atoms with Crippen LogP contribution in [0.5, 0.6) is 0 Å². The number of rotatable bonds is 3. The fourth-order valence-electron chi connectivity index (χ4n) is 2.89. The molecule has 100 valence electrons. The van der Waals surface area contributed by atoms with Gasteiger partial charge in [0.15, 0.2) is 0 Å². The van der Waals surface area contributed by atoms with Gasteiger partial charge in [0.05, 0.1) is 11.8 Å². The molecular weight excluding hydrogens is 242 g/mol. The number of benzene rings is 1. The highest BCUT2D eigenvalue weighted by Crippen LogP contribution is 2.39. The lowest BCUT2D eigenvalue weighted by Gasteiger charge is -2.25. The summed E-state index contributed by atoms with van der Waals surface area (Å²) in [5.41, 5.74) is 2.66. The van der Waals surface area contributed by atoms with Crippen molar-refractivity contribution in [1.82, 2.24) is 5.32 Å². The van der Waals surface area contributed by atoms with Gasteiger partial charge in [-0.15, -0.1) is 0 Å². The third-order valence-corrected chi connectivity index (χ3v) is 4.14. The normalized spacial score (nSPS) is 28.3. The van der Waals surface area contributed by atoms with Crippen LogP contribution in [0, 0.1) is 11.8 Å².